The van der Waals surface area contributed by atoms with Crippen LogP contribution in [0.5, 0.6) is 5.75 Å². The van der Waals surface area contributed by atoms with Crippen molar-refractivity contribution in [2.45, 2.75) is 26.5 Å². The first kappa shape index (κ1) is 16.6. The summed E-state index contributed by atoms with van der Waals surface area (Å²) < 4.78 is 5.68. The van der Waals surface area contributed by atoms with Crippen molar-refractivity contribution in [3.05, 3.63) is 59.1 Å². The van der Waals surface area contributed by atoms with Gasteiger partial charge in [-0.05, 0) is 55.9 Å². The molecule has 0 heterocycles. The van der Waals surface area contributed by atoms with Gasteiger partial charge >= 0.3 is 0 Å². The summed E-state index contributed by atoms with van der Waals surface area (Å²) in [6.45, 7) is 4.63. The number of hydrogen-bond donors (Lipinski definition) is 2. The van der Waals surface area contributed by atoms with Crippen LogP contribution in [0.3, 0.4) is 0 Å². The minimum Gasteiger partial charge on any atom is -0.491 e. The molecule has 0 saturated heterocycles. The van der Waals surface area contributed by atoms with Gasteiger partial charge in [-0.3, -0.25) is 0 Å². The van der Waals surface area contributed by atoms with Gasteiger partial charge in [0, 0.05) is 6.54 Å². The topological polar surface area (TPSA) is 33.3 Å². The molecule has 0 atom stereocenters. The van der Waals surface area contributed by atoms with Gasteiger partial charge in [0.15, 0.2) is 5.11 Å². The Morgan fingerprint density at radius 3 is 2.68 bits per heavy atom. The molecule has 0 unspecified atom stereocenters. The fraction of sp³-hybridized carbons (Fsp3) is 0.235. The molecule has 0 radical (unpaired) electrons. The van der Waals surface area contributed by atoms with Crippen molar-refractivity contribution in [1.29, 1.82) is 0 Å². The number of benzene rings is 2. The summed E-state index contributed by atoms with van der Waals surface area (Å²) in [5, 5.41) is 7.41. The predicted molar refractivity (Wildman–Crippen MR) is 96.7 cm³/mol. The molecule has 3 nitrogen and oxygen atoms in total. The van der Waals surface area contributed by atoms with E-state index >= 15 is 0 Å². The minimum absolute atomic E-state index is 0.158. The predicted octanol–water partition coefficient (Wildman–Crippen LogP) is 4.61. The molecule has 5 heteroatoms. The van der Waals surface area contributed by atoms with E-state index in [0.29, 0.717) is 16.7 Å². The molecule has 0 bridgehead atoms. The average molecular weight is 335 g/mol. The van der Waals surface area contributed by atoms with Crippen molar-refractivity contribution in [2.75, 3.05) is 5.32 Å². The molecule has 22 heavy (non-hydrogen) atoms. The molecule has 0 aromatic heterocycles. The Hall–Kier alpha value is -1.78. The first-order chi connectivity index (χ1) is 10.5. The van der Waals surface area contributed by atoms with Gasteiger partial charge < -0.3 is 15.4 Å². The molecule has 0 amide bonds. The smallest absolute Gasteiger partial charge is 0.171 e. The highest BCUT2D eigenvalue weighted by Gasteiger charge is 2.03. The van der Waals surface area contributed by atoms with Crippen molar-refractivity contribution < 1.29 is 4.74 Å². The first-order valence-electron chi connectivity index (χ1n) is 7.09. The Bertz CT molecular complexity index is 646. The molecular formula is C17H19ClN2OS. The normalized spacial score (nSPS) is 10.4. The number of thiocarbonyl (C=S) groups is 1. The maximum Gasteiger partial charge on any atom is 0.171 e. The Morgan fingerprint density at radius 1 is 1.18 bits per heavy atom. The van der Waals surface area contributed by atoms with Crippen LogP contribution in [0.2, 0.25) is 5.02 Å². The quantitative estimate of drug-likeness (QED) is 0.782. The molecule has 0 aliphatic carbocycles. The van der Waals surface area contributed by atoms with Crippen molar-refractivity contribution in [3.63, 3.8) is 0 Å². The molecule has 2 N–H and O–H groups in total. The molecule has 0 aliphatic heterocycles. The molecule has 2 rings (SSSR count). The van der Waals surface area contributed by atoms with E-state index in [9.17, 15) is 0 Å². The molecule has 116 valence electrons. The van der Waals surface area contributed by atoms with E-state index in [2.05, 4.69) is 10.6 Å². The maximum absolute atomic E-state index is 6.09. The lowest BCUT2D eigenvalue weighted by atomic mass is 10.2. The molecular weight excluding hydrogens is 316 g/mol. The maximum atomic E-state index is 6.09. The molecule has 2 aromatic carbocycles. The summed E-state index contributed by atoms with van der Waals surface area (Å²) in [4.78, 5) is 0. The summed E-state index contributed by atoms with van der Waals surface area (Å²) in [7, 11) is 0. The van der Waals surface area contributed by atoms with E-state index in [-0.39, 0.29) is 6.10 Å². The largest absolute Gasteiger partial charge is 0.491 e. The van der Waals surface area contributed by atoms with Crippen LogP contribution in [0.4, 0.5) is 5.69 Å². The number of para-hydroxylation sites is 1. The van der Waals surface area contributed by atoms with Crippen LogP contribution in [0, 0.1) is 0 Å². The second-order valence-electron chi connectivity index (χ2n) is 5.10. The van der Waals surface area contributed by atoms with Gasteiger partial charge in [0.05, 0.1) is 16.8 Å². The fourth-order valence-electron chi connectivity index (χ4n) is 1.91. The van der Waals surface area contributed by atoms with Gasteiger partial charge in [0.25, 0.3) is 0 Å². The third-order valence-electron chi connectivity index (χ3n) is 2.85. The second-order valence-corrected chi connectivity index (χ2v) is 5.92. The number of ether oxygens (including phenoxy) is 1. The molecule has 0 fully saturated rings. The molecule has 0 spiro atoms. The van der Waals surface area contributed by atoms with Crippen molar-refractivity contribution in [1.82, 2.24) is 5.32 Å². The molecule has 0 aliphatic rings. The van der Waals surface area contributed by atoms with Gasteiger partial charge in [-0.25, -0.2) is 0 Å². The van der Waals surface area contributed by atoms with Gasteiger partial charge in [0.1, 0.15) is 5.75 Å². The van der Waals surface area contributed by atoms with E-state index in [4.69, 9.17) is 28.6 Å². The van der Waals surface area contributed by atoms with E-state index in [1.807, 2.05) is 62.4 Å². The summed E-state index contributed by atoms with van der Waals surface area (Å²) >= 11 is 11.4. The van der Waals surface area contributed by atoms with Gasteiger partial charge in [-0.15, -0.1) is 0 Å². The van der Waals surface area contributed by atoms with E-state index in [1.165, 1.54) is 0 Å². The van der Waals surface area contributed by atoms with Gasteiger partial charge in [0.2, 0.25) is 0 Å². The highest BCUT2D eigenvalue weighted by molar-refractivity contribution is 7.80. The van der Waals surface area contributed by atoms with E-state index in [1.54, 1.807) is 0 Å². The number of rotatable bonds is 5. The van der Waals surface area contributed by atoms with Crippen LogP contribution in [0.15, 0.2) is 48.5 Å². The highest BCUT2D eigenvalue weighted by atomic mass is 35.5. The van der Waals surface area contributed by atoms with Crippen molar-refractivity contribution >= 4 is 34.6 Å². The van der Waals surface area contributed by atoms with Crippen LogP contribution >= 0.6 is 23.8 Å². The van der Waals surface area contributed by atoms with Crippen LogP contribution in [0.1, 0.15) is 19.4 Å². The summed E-state index contributed by atoms with van der Waals surface area (Å²) in [5.74, 6) is 0.860. The van der Waals surface area contributed by atoms with Crippen molar-refractivity contribution in [3.8, 4) is 5.75 Å². The fourth-order valence-corrected chi connectivity index (χ4v) is 2.28. The third kappa shape index (κ3) is 5.20. The Morgan fingerprint density at radius 2 is 1.95 bits per heavy atom. The summed E-state index contributed by atoms with van der Waals surface area (Å²) in [6, 6.07) is 15.4. The van der Waals surface area contributed by atoms with Crippen LogP contribution in [0.25, 0.3) is 0 Å². The number of anilines is 1. The highest BCUT2D eigenvalue weighted by Crippen LogP contribution is 2.20. The van der Waals surface area contributed by atoms with Crippen molar-refractivity contribution in [2.24, 2.45) is 0 Å². The SMILES string of the molecule is CC(C)Oc1cccc(CNC(=S)Nc2ccccc2Cl)c1. The van der Waals surface area contributed by atoms with Gasteiger partial charge in [-0.1, -0.05) is 35.9 Å². The van der Waals surface area contributed by atoms with Crippen LogP contribution in [-0.4, -0.2) is 11.2 Å². The van der Waals surface area contributed by atoms with Gasteiger partial charge in [-0.2, -0.15) is 0 Å². The lowest BCUT2D eigenvalue weighted by molar-refractivity contribution is 0.242. The zero-order valence-corrected chi connectivity index (χ0v) is 14.2. The summed E-state index contributed by atoms with van der Waals surface area (Å²) in [5.41, 5.74) is 1.89. The zero-order valence-electron chi connectivity index (χ0n) is 12.6. The van der Waals surface area contributed by atoms with E-state index < -0.39 is 0 Å². The number of halogens is 1. The number of nitrogens with one attached hydrogen (secondary N) is 2. The average Bonchev–Trinajstić information content (AvgIpc) is 2.47. The van der Waals surface area contributed by atoms with Crippen LogP contribution in [-0.2, 0) is 6.54 Å². The summed E-state index contributed by atoms with van der Waals surface area (Å²) in [6.07, 6.45) is 0.158. The van der Waals surface area contributed by atoms with Crippen LogP contribution < -0.4 is 15.4 Å². The lowest BCUT2D eigenvalue weighted by Crippen LogP contribution is -2.28. The monoisotopic (exact) mass is 334 g/mol. The Labute approximate surface area is 141 Å². The minimum atomic E-state index is 0.158. The molecule has 2 aromatic rings. The zero-order chi connectivity index (χ0) is 15.9. The number of hydrogen-bond acceptors (Lipinski definition) is 2. The molecule has 0 saturated carbocycles. The third-order valence-corrected chi connectivity index (χ3v) is 3.42. The lowest BCUT2D eigenvalue weighted by Gasteiger charge is -2.13. The second kappa shape index (κ2) is 8.01. The first-order valence-corrected chi connectivity index (χ1v) is 7.88. The van der Waals surface area contributed by atoms with E-state index in [0.717, 1.165) is 17.0 Å². The Balaban J connectivity index is 1.90. The Kier molecular flexibility index (Phi) is 6.04. The standard InChI is InChI=1S/C17H19ClN2OS/c1-12(2)21-14-7-5-6-13(10-14)11-19-17(22)20-16-9-4-3-8-15(16)18/h3-10,12H,11H2,1-2H3,(H2,19,20,22).